The Labute approximate surface area is 143 Å². The molecule has 0 bridgehead atoms. The first-order valence-corrected chi connectivity index (χ1v) is 9.31. The van der Waals surface area contributed by atoms with E-state index >= 15 is 0 Å². The number of rotatable bonds is 6. The maximum atomic E-state index is 12.4. The van der Waals surface area contributed by atoms with Crippen LogP contribution in [0.15, 0.2) is 18.2 Å². The summed E-state index contributed by atoms with van der Waals surface area (Å²) in [6, 6.07) is 4.91. The van der Waals surface area contributed by atoms with Gasteiger partial charge in [-0.3, -0.25) is 0 Å². The molecule has 1 aromatic rings. The van der Waals surface area contributed by atoms with Crippen molar-refractivity contribution in [3.8, 4) is 5.75 Å². The molecule has 0 spiro atoms. The fourth-order valence-corrected chi connectivity index (χ4v) is 4.12. The number of nitrogens with one attached hydrogen (secondary N) is 1. The van der Waals surface area contributed by atoms with E-state index in [1.165, 1.54) is 18.5 Å². The fraction of sp³-hybridized carbons (Fsp3) is 0.562. The van der Waals surface area contributed by atoms with Crippen molar-refractivity contribution in [2.75, 3.05) is 27.3 Å². The van der Waals surface area contributed by atoms with Crippen LogP contribution in [0.4, 0.5) is 0 Å². The van der Waals surface area contributed by atoms with Crippen molar-refractivity contribution in [3.05, 3.63) is 29.3 Å². The molecule has 0 saturated carbocycles. The van der Waals surface area contributed by atoms with E-state index in [0.29, 0.717) is 30.3 Å². The molecule has 1 N–H and O–H groups in total. The van der Waals surface area contributed by atoms with E-state index in [-0.39, 0.29) is 12.1 Å². The third-order valence-electron chi connectivity index (χ3n) is 4.09. The largest absolute Gasteiger partial charge is 0.496 e. The number of hydrogen-bond acceptors (Lipinski definition) is 5. The van der Waals surface area contributed by atoms with Crippen LogP contribution in [0.3, 0.4) is 0 Å². The van der Waals surface area contributed by atoms with Gasteiger partial charge in [0.2, 0.25) is 0 Å². The lowest BCUT2D eigenvalue weighted by molar-refractivity contribution is 0.0597. The number of hydrogen-bond donors (Lipinski definition) is 1. The van der Waals surface area contributed by atoms with Gasteiger partial charge in [0.15, 0.2) is 0 Å². The first-order chi connectivity index (χ1) is 11.4. The second-order valence-electron chi connectivity index (χ2n) is 5.96. The lowest BCUT2D eigenvalue weighted by atomic mass is 10.0. The summed E-state index contributed by atoms with van der Waals surface area (Å²) in [6.07, 6.45) is 1.92. The molecule has 1 fully saturated rings. The molecule has 0 aromatic heterocycles. The molecule has 1 aliphatic rings. The van der Waals surface area contributed by atoms with Gasteiger partial charge in [-0.15, -0.1) is 0 Å². The average Bonchev–Trinajstić information content (AvgIpc) is 2.59. The van der Waals surface area contributed by atoms with Crippen molar-refractivity contribution in [2.24, 2.45) is 5.92 Å². The molecule has 1 aliphatic heterocycles. The predicted octanol–water partition coefficient (Wildman–Crippen LogP) is 1.55. The summed E-state index contributed by atoms with van der Waals surface area (Å²) in [5, 5.41) is 0. The molecule has 1 aromatic carbocycles. The van der Waals surface area contributed by atoms with Crippen molar-refractivity contribution < 1.29 is 22.7 Å². The van der Waals surface area contributed by atoms with E-state index in [2.05, 4.69) is 4.72 Å². The maximum Gasteiger partial charge on any atom is 0.341 e. The zero-order valence-corrected chi connectivity index (χ0v) is 15.1. The van der Waals surface area contributed by atoms with Gasteiger partial charge in [0.25, 0.3) is 10.2 Å². The summed E-state index contributed by atoms with van der Waals surface area (Å²) in [6.45, 7) is 3.22. The van der Waals surface area contributed by atoms with Gasteiger partial charge in [0.1, 0.15) is 11.3 Å². The standard InChI is InChI=1S/C16H24N2O5S/c1-12-5-4-8-18(11-12)24(20,21)17-10-13-6-7-15(22-2)14(9-13)16(19)23-3/h6-7,9,12,17H,4-5,8,10-11H2,1-3H3. The first kappa shape index (κ1) is 18.7. The van der Waals surface area contributed by atoms with Gasteiger partial charge in [-0.2, -0.15) is 17.4 Å². The summed E-state index contributed by atoms with van der Waals surface area (Å²) in [5.41, 5.74) is 0.924. The highest BCUT2D eigenvalue weighted by molar-refractivity contribution is 7.87. The van der Waals surface area contributed by atoms with Gasteiger partial charge >= 0.3 is 5.97 Å². The quantitative estimate of drug-likeness (QED) is 0.782. The number of benzene rings is 1. The van der Waals surface area contributed by atoms with Crippen LogP contribution in [-0.2, 0) is 21.5 Å². The summed E-state index contributed by atoms with van der Waals surface area (Å²) in [5.74, 6) is 0.224. The second kappa shape index (κ2) is 7.96. The normalized spacial score (nSPS) is 19.0. The monoisotopic (exact) mass is 356 g/mol. The van der Waals surface area contributed by atoms with Crippen molar-refractivity contribution in [2.45, 2.75) is 26.3 Å². The topological polar surface area (TPSA) is 84.9 Å². The highest BCUT2D eigenvalue weighted by Gasteiger charge is 2.26. The van der Waals surface area contributed by atoms with Crippen LogP contribution >= 0.6 is 0 Å². The van der Waals surface area contributed by atoms with Crippen LogP contribution < -0.4 is 9.46 Å². The third kappa shape index (κ3) is 4.46. The van der Waals surface area contributed by atoms with Crippen LogP contribution in [0.1, 0.15) is 35.7 Å². The molecule has 7 nitrogen and oxygen atoms in total. The van der Waals surface area contributed by atoms with Gasteiger partial charge < -0.3 is 9.47 Å². The lowest BCUT2D eigenvalue weighted by Crippen LogP contribution is -2.45. The van der Waals surface area contributed by atoms with Crippen molar-refractivity contribution in [3.63, 3.8) is 0 Å². The minimum atomic E-state index is -3.53. The minimum absolute atomic E-state index is 0.0984. The van der Waals surface area contributed by atoms with E-state index in [9.17, 15) is 13.2 Å². The highest BCUT2D eigenvalue weighted by Crippen LogP contribution is 2.21. The van der Waals surface area contributed by atoms with E-state index in [1.54, 1.807) is 18.2 Å². The summed E-state index contributed by atoms with van der Waals surface area (Å²) in [4.78, 5) is 11.8. The fourth-order valence-electron chi connectivity index (χ4n) is 2.76. The Morgan fingerprint density at radius 1 is 1.38 bits per heavy atom. The SMILES string of the molecule is COC(=O)c1cc(CNS(=O)(=O)N2CCCC(C)C2)ccc1OC. The zero-order chi connectivity index (χ0) is 17.7. The molecule has 24 heavy (non-hydrogen) atoms. The Kier molecular flexibility index (Phi) is 6.20. The number of piperidine rings is 1. The van der Waals surface area contributed by atoms with Gasteiger partial charge in [-0.1, -0.05) is 13.0 Å². The first-order valence-electron chi connectivity index (χ1n) is 7.87. The van der Waals surface area contributed by atoms with Gasteiger partial charge in [0, 0.05) is 19.6 Å². The molecule has 8 heteroatoms. The lowest BCUT2D eigenvalue weighted by Gasteiger charge is -2.30. The predicted molar refractivity (Wildman–Crippen MR) is 90.1 cm³/mol. The average molecular weight is 356 g/mol. The molecule has 1 unspecified atom stereocenters. The molecule has 1 atom stereocenters. The Hall–Kier alpha value is -1.64. The van der Waals surface area contributed by atoms with Crippen LogP contribution in [0.5, 0.6) is 5.75 Å². The maximum absolute atomic E-state index is 12.4. The molecule has 1 saturated heterocycles. The number of ether oxygens (including phenoxy) is 2. The molecule has 2 rings (SSSR count). The van der Waals surface area contributed by atoms with Crippen LogP contribution in [0, 0.1) is 5.92 Å². The van der Waals surface area contributed by atoms with Crippen LogP contribution in [-0.4, -0.2) is 46.0 Å². The van der Waals surface area contributed by atoms with Crippen molar-refractivity contribution in [1.82, 2.24) is 9.03 Å². The molecule has 0 radical (unpaired) electrons. The summed E-state index contributed by atoms with van der Waals surface area (Å²) >= 11 is 0. The van der Waals surface area contributed by atoms with E-state index in [1.807, 2.05) is 6.92 Å². The minimum Gasteiger partial charge on any atom is -0.496 e. The number of nitrogens with zero attached hydrogens (tertiary/aromatic N) is 1. The molecular weight excluding hydrogens is 332 g/mol. The highest BCUT2D eigenvalue weighted by atomic mass is 32.2. The number of carbonyl (C=O) groups excluding carboxylic acids is 1. The molecule has 1 heterocycles. The smallest absolute Gasteiger partial charge is 0.341 e. The van der Waals surface area contributed by atoms with Gasteiger partial charge in [0.05, 0.1) is 14.2 Å². The van der Waals surface area contributed by atoms with E-state index in [0.717, 1.165) is 12.8 Å². The van der Waals surface area contributed by atoms with Gasteiger partial charge in [-0.05, 0) is 36.5 Å². The summed E-state index contributed by atoms with van der Waals surface area (Å²) in [7, 11) is -0.787. The Bertz CT molecular complexity index is 690. The zero-order valence-electron chi connectivity index (χ0n) is 14.2. The molecule has 0 amide bonds. The second-order valence-corrected chi connectivity index (χ2v) is 7.71. The Morgan fingerprint density at radius 3 is 2.75 bits per heavy atom. The van der Waals surface area contributed by atoms with Crippen molar-refractivity contribution >= 4 is 16.2 Å². The van der Waals surface area contributed by atoms with E-state index < -0.39 is 16.2 Å². The Morgan fingerprint density at radius 2 is 2.12 bits per heavy atom. The number of esters is 1. The van der Waals surface area contributed by atoms with Crippen LogP contribution in [0.25, 0.3) is 0 Å². The van der Waals surface area contributed by atoms with Crippen LogP contribution in [0.2, 0.25) is 0 Å². The van der Waals surface area contributed by atoms with E-state index in [4.69, 9.17) is 9.47 Å². The Balaban J connectivity index is 2.09. The number of methoxy groups -OCH3 is 2. The van der Waals surface area contributed by atoms with Gasteiger partial charge in [-0.25, -0.2) is 4.79 Å². The van der Waals surface area contributed by atoms with Crippen molar-refractivity contribution in [1.29, 1.82) is 0 Å². The third-order valence-corrected chi connectivity index (χ3v) is 5.61. The molecule has 134 valence electrons. The summed E-state index contributed by atoms with van der Waals surface area (Å²) < 4.78 is 38.7. The molecule has 0 aliphatic carbocycles. The molecular formula is C16H24N2O5S. The number of carbonyl (C=O) groups is 1.